The first-order chi connectivity index (χ1) is 14.1. The molecule has 0 saturated carbocycles. The van der Waals surface area contributed by atoms with E-state index in [2.05, 4.69) is 57.1 Å². The standard InChI is InChI=1S/C25H46N.C2H7N.2ClH/c1-4-5-6-7-8-9-10-11-12-13-14-15-16-20-23-26(2,3)24-25-21-18-17-19-22-25;1-2-3;;/h17-19,21-22H,4-16,20,23-24H2,1-3H3;2-3H2,1H3;2*1H/q+1;;;/p-1. The number of unbranched alkanes of at least 4 members (excludes halogenated alkanes) is 13. The number of quaternary nitrogens is 2. The second kappa shape index (κ2) is 26.0. The average Bonchev–Trinajstić information content (AvgIpc) is 2.69. The maximum Gasteiger partial charge on any atom is 0.104 e. The van der Waals surface area contributed by atoms with Gasteiger partial charge in [0, 0.05) is 5.56 Å². The summed E-state index contributed by atoms with van der Waals surface area (Å²) in [6.45, 7) is 7.76. The molecule has 186 valence electrons. The van der Waals surface area contributed by atoms with Crippen molar-refractivity contribution < 1.29 is 35.0 Å². The van der Waals surface area contributed by atoms with Crippen LogP contribution in [0.3, 0.4) is 0 Å². The second-order valence-corrected chi connectivity index (χ2v) is 9.40. The van der Waals surface area contributed by atoms with Crippen LogP contribution in [-0.4, -0.2) is 31.7 Å². The largest absolute Gasteiger partial charge is 1.00 e. The Bertz CT molecular complexity index is 438. The maximum atomic E-state index is 3.49. The van der Waals surface area contributed by atoms with Gasteiger partial charge in [0.05, 0.1) is 27.2 Å². The predicted molar refractivity (Wildman–Crippen MR) is 131 cm³/mol. The normalized spacial score (nSPS) is 10.5. The highest BCUT2D eigenvalue weighted by atomic mass is 35.5. The Morgan fingerprint density at radius 3 is 1.35 bits per heavy atom. The van der Waals surface area contributed by atoms with Crippen LogP contribution in [0.2, 0.25) is 0 Å². The van der Waals surface area contributed by atoms with Crippen molar-refractivity contribution in [3.8, 4) is 0 Å². The predicted octanol–water partition coefficient (Wildman–Crippen LogP) is 1.00. The minimum absolute atomic E-state index is 0. The van der Waals surface area contributed by atoms with Crippen molar-refractivity contribution in [2.45, 2.75) is 110 Å². The van der Waals surface area contributed by atoms with Gasteiger partial charge in [0.1, 0.15) is 6.54 Å². The lowest BCUT2D eigenvalue weighted by atomic mass is 10.0. The van der Waals surface area contributed by atoms with E-state index in [0.29, 0.717) is 0 Å². The van der Waals surface area contributed by atoms with Crippen LogP contribution >= 0.6 is 0 Å². The van der Waals surface area contributed by atoms with Gasteiger partial charge in [0.2, 0.25) is 0 Å². The highest BCUT2D eigenvalue weighted by Crippen LogP contribution is 2.14. The van der Waals surface area contributed by atoms with Gasteiger partial charge in [-0.3, -0.25) is 0 Å². The number of halogens is 2. The molecule has 0 unspecified atom stereocenters. The van der Waals surface area contributed by atoms with Crippen molar-refractivity contribution >= 4 is 0 Å². The van der Waals surface area contributed by atoms with Crippen LogP contribution in [0.5, 0.6) is 0 Å². The Balaban J connectivity index is -0.00000148. The molecule has 0 atom stereocenters. The molecule has 4 heteroatoms. The van der Waals surface area contributed by atoms with Crippen LogP contribution < -0.4 is 30.5 Å². The minimum atomic E-state index is 0. The Morgan fingerprint density at radius 2 is 0.968 bits per heavy atom. The van der Waals surface area contributed by atoms with E-state index in [4.69, 9.17) is 0 Å². The number of hydrogen-bond acceptors (Lipinski definition) is 0. The molecule has 0 aliphatic rings. The molecule has 0 saturated heterocycles. The molecule has 1 rings (SSSR count). The lowest BCUT2D eigenvalue weighted by molar-refractivity contribution is -0.903. The van der Waals surface area contributed by atoms with Crippen molar-refractivity contribution in [2.24, 2.45) is 0 Å². The van der Waals surface area contributed by atoms with Gasteiger partial charge in [-0.2, -0.15) is 0 Å². The van der Waals surface area contributed by atoms with Gasteiger partial charge in [-0.1, -0.05) is 114 Å². The lowest BCUT2D eigenvalue weighted by Gasteiger charge is -2.30. The zero-order valence-corrected chi connectivity index (χ0v) is 22.8. The van der Waals surface area contributed by atoms with Gasteiger partial charge in [0.15, 0.2) is 0 Å². The SMILES string of the molecule is CCCCCCCCCCCCCCCC[N+](C)(C)Cc1ccccc1.CC[NH3+].[Cl-].[Cl-]. The Morgan fingerprint density at radius 1 is 0.613 bits per heavy atom. The van der Waals surface area contributed by atoms with E-state index in [0.717, 1.165) is 17.6 Å². The molecule has 0 amide bonds. The van der Waals surface area contributed by atoms with E-state index in [9.17, 15) is 0 Å². The first kappa shape index (κ1) is 35.3. The fourth-order valence-electron chi connectivity index (χ4n) is 3.89. The van der Waals surface area contributed by atoms with Gasteiger partial charge >= 0.3 is 0 Å². The van der Waals surface area contributed by atoms with E-state index in [1.807, 2.05) is 6.92 Å². The molecule has 2 nitrogen and oxygen atoms in total. The van der Waals surface area contributed by atoms with Crippen LogP contribution in [0.15, 0.2) is 30.3 Å². The molecule has 1 aromatic carbocycles. The summed E-state index contributed by atoms with van der Waals surface area (Å²) in [7, 11) is 4.74. The summed E-state index contributed by atoms with van der Waals surface area (Å²) in [5.41, 5.74) is 4.95. The topological polar surface area (TPSA) is 27.6 Å². The third-order valence-electron chi connectivity index (χ3n) is 5.57. The molecule has 3 N–H and O–H groups in total. The number of nitrogens with zero attached hydrogens (tertiary/aromatic N) is 1. The first-order valence-electron chi connectivity index (χ1n) is 12.7. The molecular weight excluding hydrogens is 423 g/mol. The van der Waals surface area contributed by atoms with Crippen molar-refractivity contribution in [1.82, 2.24) is 0 Å². The molecule has 0 spiro atoms. The average molecular weight is 478 g/mol. The third kappa shape index (κ3) is 25.9. The van der Waals surface area contributed by atoms with Crippen LogP contribution in [0.1, 0.15) is 109 Å². The van der Waals surface area contributed by atoms with Crippen molar-refractivity contribution in [3.63, 3.8) is 0 Å². The van der Waals surface area contributed by atoms with Crippen molar-refractivity contribution in [3.05, 3.63) is 35.9 Å². The van der Waals surface area contributed by atoms with Gasteiger partial charge in [-0.25, -0.2) is 0 Å². The van der Waals surface area contributed by atoms with E-state index >= 15 is 0 Å². The van der Waals surface area contributed by atoms with Crippen LogP contribution in [-0.2, 0) is 6.54 Å². The van der Waals surface area contributed by atoms with Crippen molar-refractivity contribution in [1.29, 1.82) is 0 Å². The fourth-order valence-corrected chi connectivity index (χ4v) is 3.89. The molecule has 0 aliphatic carbocycles. The van der Waals surface area contributed by atoms with Crippen molar-refractivity contribution in [2.75, 3.05) is 27.2 Å². The summed E-state index contributed by atoms with van der Waals surface area (Å²) in [5, 5.41) is 0. The molecule has 0 bridgehead atoms. The van der Waals surface area contributed by atoms with Gasteiger partial charge in [-0.15, -0.1) is 0 Å². The summed E-state index contributed by atoms with van der Waals surface area (Å²) < 4.78 is 1.11. The van der Waals surface area contributed by atoms with Crippen LogP contribution in [0.4, 0.5) is 0 Å². The van der Waals surface area contributed by atoms with E-state index in [1.54, 1.807) is 0 Å². The second-order valence-electron chi connectivity index (χ2n) is 9.40. The summed E-state index contributed by atoms with van der Waals surface area (Å²) in [6.07, 6.45) is 20.2. The number of rotatable bonds is 17. The van der Waals surface area contributed by atoms with Crippen LogP contribution in [0.25, 0.3) is 0 Å². The number of benzene rings is 1. The molecule has 0 radical (unpaired) electrons. The summed E-state index contributed by atoms with van der Waals surface area (Å²) in [5.74, 6) is 0. The third-order valence-corrected chi connectivity index (χ3v) is 5.57. The van der Waals surface area contributed by atoms with E-state index < -0.39 is 0 Å². The quantitative estimate of drug-likeness (QED) is 0.256. The Hall–Kier alpha value is -0.280. The van der Waals surface area contributed by atoms with E-state index in [-0.39, 0.29) is 24.8 Å². The molecule has 0 aliphatic heterocycles. The molecule has 0 heterocycles. The molecule has 31 heavy (non-hydrogen) atoms. The molecular formula is C27H54Cl2N2. The zero-order chi connectivity index (χ0) is 21.6. The van der Waals surface area contributed by atoms with E-state index in [1.165, 1.54) is 102 Å². The minimum Gasteiger partial charge on any atom is -1.00 e. The lowest BCUT2D eigenvalue weighted by Crippen LogP contribution is -3.00. The summed E-state index contributed by atoms with van der Waals surface area (Å²) in [4.78, 5) is 0. The first-order valence-corrected chi connectivity index (χ1v) is 12.7. The highest BCUT2D eigenvalue weighted by Gasteiger charge is 2.14. The Kier molecular flexibility index (Phi) is 29.6. The smallest absolute Gasteiger partial charge is 0.104 e. The summed E-state index contributed by atoms with van der Waals surface area (Å²) in [6, 6.07) is 10.9. The molecule has 0 aromatic heterocycles. The fraction of sp³-hybridized carbons (Fsp3) is 0.778. The number of hydrogen-bond donors (Lipinski definition) is 1. The van der Waals surface area contributed by atoms with Crippen LogP contribution in [0, 0.1) is 0 Å². The van der Waals surface area contributed by atoms with Gasteiger partial charge < -0.3 is 35.0 Å². The monoisotopic (exact) mass is 476 g/mol. The highest BCUT2D eigenvalue weighted by molar-refractivity contribution is 5.13. The summed E-state index contributed by atoms with van der Waals surface area (Å²) >= 11 is 0. The maximum absolute atomic E-state index is 3.49. The van der Waals surface area contributed by atoms with Gasteiger partial charge in [-0.05, 0) is 19.8 Å². The molecule has 1 aromatic rings. The molecule has 0 fully saturated rings. The van der Waals surface area contributed by atoms with Gasteiger partial charge in [0.25, 0.3) is 0 Å². The Labute approximate surface area is 208 Å². The zero-order valence-electron chi connectivity index (χ0n) is 21.3.